The summed E-state index contributed by atoms with van der Waals surface area (Å²) in [4.78, 5) is 6.98. The van der Waals surface area contributed by atoms with Crippen molar-refractivity contribution in [2.24, 2.45) is 4.99 Å². The number of rotatable bonds is 6. The summed E-state index contributed by atoms with van der Waals surface area (Å²) in [7, 11) is 1.86. The van der Waals surface area contributed by atoms with E-state index >= 15 is 0 Å². The van der Waals surface area contributed by atoms with Crippen molar-refractivity contribution in [3.63, 3.8) is 0 Å². The number of aliphatic imine (C=N–C) groups is 1. The van der Waals surface area contributed by atoms with E-state index in [4.69, 9.17) is 0 Å². The van der Waals surface area contributed by atoms with E-state index in [0.717, 1.165) is 32.1 Å². The quantitative estimate of drug-likeness (QED) is 0.338. The van der Waals surface area contributed by atoms with Crippen molar-refractivity contribution >= 4 is 41.3 Å². The van der Waals surface area contributed by atoms with Gasteiger partial charge in [0.05, 0.1) is 0 Å². The second-order valence-corrected chi connectivity index (χ2v) is 8.37. The van der Waals surface area contributed by atoms with Gasteiger partial charge in [-0.3, -0.25) is 9.89 Å². The molecule has 1 atom stereocenters. The van der Waals surface area contributed by atoms with Crippen LogP contribution < -0.4 is 10.6 Å². The molecule has 6 heteroatoms. The fraction of sp³-hybridized carbons (Fsp3) is 0.500. The Labute approximate surface area is 190 Å². The number of hydrogen-bond acceptors (Lipinski definition) is 3. The minimum Gasteiger partial charge on any atom is -0.356 e. The number of benzene rings is 1. The van der Waals surface area contributed by atoms with Gasteiger partial charge in [-0.05, 0) is 53.6 Å². The fourth-order valence-corrected chi connectivity index (χ4v) is 4.19. The smallest absolute Gasteiger partial charge is 0.191 e. The first-order chi connectivity index (χ1) is 13.1. The second-order valence-electron chi connectivity index (χ2n) is 7.59. The molecule has 0 radical (unpaired) electrons. The van der Waals surface area contributed by atoms with E-state index in [1.54, 1.807) is 11.3 Å². The maximum Gasteiger partial charge on any atom is 0.191 e. The molecule has 3 rings (SSSR count). The number of guanidine groups is 1. The molecule has 0 spiro atoms. The number of aryl methyl sites for hydroxylation is 1. The maximum absolute atomic E-state index is 4.42. The van der Waals surface area contributed by atoms with Gasteiger partial charge >= 0.3 is 0 Å². The molecule has 1 unspecified atom stereocenters. The molecule has 154 valence electrons. The number of nitrogens with one attached hydrogen (secondary N) is 2. The average Bonchev–Trinajstić information content (AvgIpc) is 3.20. The van der Waals surface area contributed by atoms with Crippen LogP contribution in [0.5, 0.6) is 0 Å². The zero-order valence-corrected chi connectivity index (χ0v) is 20.3. The lowest BCUT2D eigenvalue weighted by molar-refractivity contribution is 0.198. The molecule has 1 aliphatic rings. The first-order valence-electron chi connectivity index (χ1n) is 9.91. The highest BCUT2D eigenvalue weighted by Crippen LogP contribution is 2.16. The Morgan fingerprint density at radius 2 is 1.93 bits per heavy atom. The zero-order valence-electron chi connectivity index (χ0n) is 17.1. The van der Waals surface area contributed by atoms with Gasteiger partial charge in [-0.25, -0.2) is 0 Å². The number of hydrogen-bond donors (Lipinski definition) is 2. The van der Waals surface area contributed by atoms with Gasteiger partial charge in [-0.2, -0.15) is 11.3 Å². The molecule has 1 aliphatic heterocycles. The van der Waals surface area contributed by atoms with Crippen LogP contribution in [-0.2, 0) is 6.54 Å². The highest BCUT2D eigenvalue weighted by Gasteiger charge is 2.20. The van der Waals surface area contributed by atoms with Crippen LogP contribution in [0.2, 0.25) is 0 Å². The van der Waals surface area contributed by atoms with Gasteiger partial charge in [-0.1, -0.05) is 36.8 Å². The highest BCUT2D eigenvalue weighted by atomic mass is 127. The van der Waals surface area contributed by atoms with Crippen molar-refractivity contribution < 1.29 is 0 Å². The summed E-state index contributed by atoms with van der Waals surface area (Å²) in [6.07, 6.45) is 2.33. The van der Waals surface area contributed by atoms with Crippen molar-refractivity contribution in [2.75, 3.05) is 26.7 Å². The average molecular weight is 513 g/mol. The van der Waals surface area contributed by atoms with E-state index in [2.05, 4.69) is 75.5 Å². The van der Waals surface area contributed by atoms with Gasteiger partial charge in [0.25, 0.3) is 0 Å². The Bertz CT molecular complexity index is 707. The van der Waals surface area contributed by atoms with Crippen molar-refractivity contribution in [3.05, 3.63) is 57.8 Å². The summed E-state index contributed by atoms with van der Waals surface area (Å²) in [5.41, 5.74) is 4.11. The van der Waals surface area contributed by atoms with Gasteiger partial charge in [0, 0.05) is 39.3 Å². The van der Waals surface area contributed by atoms with Crippen LogP contribution in [0.25, 0.3) is 0 Å². The molecule has 28 heavy (non-hydrogen) atoms. The van der Waals surface area contributed by atoms with Gasteiger partial charge in [0.1, 0.15) is 0 Å². The molecule has 1 saturated heterocycles. The van der Waals surface area contributed by atoms with Crippen LogP contribution in [0.3, 0.4) is 0 Å². The Hall–Kier alpha value is -1.12. The van der Waals surface area contributed by atoms with Gasteiger partial charge < -0.3 is 10.6 Å². The first-order valence-corrected chi connectivity index (χ1v) is 10.9. The highest BCUT2D eigenvalue weighted by molar-refractivity contribution is 14.0. The number of thiophene rings is 1. The van der Waals surface area contributed by atoms with E-state index < -0.39 is 0 Å². The molecule has 0 saturated carbocycles. The van der Waals surface area contributed by atoms with Crippen LogP contribution in [0.15, 0.2) is 46.1 Å². The molecule has 4 nitrogen and oxygen atoms in total. The number of halogens is 1. The molecule has 1 fully saturated rings. The molecule has 2 aromatic rings. The lowest BCUT2D eigenvalue weighted by atomic mass is 10.00. The van der Waals surface area contributed by atoms with Crippen LogP contribution in [0, 0.1) is 6.92 Å². The largest absolute Gasteiger partial charge is 0.356 e. The molecule has 2 N–H and O–H groups in total. The minimum atomic E-state index is 0. The zero-order chi connectivity index (χ0) is 19.1. The van der Waals surface area contributed by atoms with Gasteiger partial charge in [0.15, 0.2) is 5.96 Å². The second kappa shape index (κ2) is 11.8. The summed E-state index contributed by atoms with van der Waals surface area (Å²) in [5.74, 6) is 1.38. The molecule has 1 aromatic carbocycles. The van der Waals surface area contributed by atoms with Gasteiger partial charge in [0.2, 0.25) is 0 Å². The van der Waals surface area contributed by atoms with Crippen molar-refractivity contribution in [1.29, 1.82) is 0 Å². The Morgan fingerprint density at radius 1 is 1.21 bits per heavy atom. The molecule has 0 aliphatic carbocycles. The normalized spacial score (nSPS) is 17.0. The molecule has 1 aromatic heterocycles. The van der Waals surface area contributed by atoms with E-state index in [9.17, 15) is 0 Å². The number of nitrogens with zero attached hydrogens (tertiary/aromatic N) is 2. The molecular weight excluding hydrogens is 479 g/mol. The predicted molar refractivity (Wildman–Crippen MR) is 132 cm³/mol. The number of likely N-dealkylation sites (tertiary alicyclic amines) is 1. The lowest BCUT2D eigenvalue weighted by Gasteiger charge is -2.33. The topological polar surface area (TPSA) is 39.7 Å². The predicted octanol–water partition coefficient (Wildman–Crippen LogP) is 4.61. The first kappa shape index (κ1) is 23.2. The van der Waals surface area contributed by atoms with Crippen LogP contribution >= 0.6 is 35.3 Å². The van der Waals surface area contributed by atoms with Gasteiger partial charge in [-0.15, -0.1) is 24.0 Å². The summed E-state index contributed by atoms with van der Waals surface area (Å²) >= 11 is 1.78. The van der Waals surface area contributed by atoms with Crippen molar-refractivity contribution in [2.45, 2.75) is 45.2 Å². The molecular formula is C22H33IN4S. The van der Waals surface area contributed by atoms with Crippen LogP contribution in [0.4, 0.5) is 0 Å². The number of piperidine rings is 1. The summed E-state index contributed by atoms with van der Waals surface area (Å²) in [6, 6.07) is 11.5. The monoisotopic (exact) mass is 512 g/mol. The Balaban J connectivity index is 0.00000280. The summed E-state index contributed by atoms with van der Waals surface area (Å²) in [6.45, 7) is 8.64. The van der Waals surface area contributed by atoms with Crippen molar-refractivity contribution in [3.8, 4) is 0 Å². The molecule has 2 heterocycles. The Morgan fingerprint density at radius 3 is 2.54 bits per heavy atom. The van der Waals surface area contributed by atoms with E-state index in [0.29, 0.717) is 12.0 Å². The maximum atomic E-state index is 4.42. The fourth-order valence-electron chi connectivity index (χ4n) is 3.53. The summed E-state index contributed by atoms with van der Waals surface area (Å²) < 4.78 is 0. The summed E-state index contributed by atoms with van der Waals surface area (Å²) in [5, 5.41) is 11.5. The Kier molecular flexibility index (Phi) is 9.74. The van der Waals surface area contributed by atoms with Crippen LogP contribution in [-0.4, -0.2) is 43.6 Å². The van der Waals surface area contributed by atoms with Crippen LogP contribution in [0.1, 0.15) is 42.4 Å². The minimum absolute atomic E-state index is 0. The standard InChI is InChI=1S/C22H32N4S.HI/c1-17-4-6-20(7-5-17)18(2)14-24-22(23-3)25-21-8-11-26(12-9-21)15-19-10-13-27-16-19;/h4-7,10,13,16,18,21H,8-9,11-12,14-15H2,1-3H3,(H2,23,24,25);1H. The van der Waals surface area contributed by atoms with E-state index in [1.807, 2.05) is 7.05 Å². The lowest BCUT2D eigenvalue weighted by Crippen LogP contribution is -2.49. The molecule has 0 amide bonds. The van der Waals surface area contributed by atoms with Crippen molar-refractivity contribution in [1.82, 2.24) is 15.5 Å². The third-order valence-electron chi connectivity index (χ3n) is 5.36. The van der Waals surface area contributed by atoms with E-state index in [1.165, 1.54) is 29.5 Å². The third-order valence-corrected chi connectivity index (χ3v) is 6.09. The molecule has 0 bridgehead atoms. The SMILES string of the molecule is CN=C(NCC(C)c1ccc(C)cc1)NC1CCN(Cc2ccsc2)CC1.I. The third kappa shape index (κ3) is 7.04. The van der Waals surface area contributed by atoms with E-state index in [-0.39, 0.29) is 24.0 Å².